The molecule has 9 heteroatoms. The number of benzene rings is 1. The molecule has 29 heavy (non-hydrogen) atoms. The van der Waals surface area contributed by atoms with Gasteiger partial charge in [0, 0.05) is 36.1 Å². The summed E-state index contributed by atoms with van der Waals surface area (Å²) in [5.41, 5.74) is 7.84. The fourth-order valence-corrected chi connectivity index (χ4v) is 2.96. The van der Waals surface area contributed by atoms with E-state index in [-0.39, 0.29) is 18.1 Å². The molecular weight excluding hydrogens is 374 g/mol. The zero-order valence-corrected chi connectivity index (χ0v) is 16.8. The van der Waals surface area contributed by atoms with Crippen LogP contribution in [-0.4, -0.2) is 65.3 Å². The largest absolute Gasteiger partial charge is 0.444 e. The van der Waals surface area contributed by atoms with Crippen molar-refractivity contribution >= 4 is 18.0 Å². The van der Waals surface area contributed by atoms with Crippen LogP contribution in [0.15, 0.2) is 27.7 Å². The Morgan fingerprint density at radius 3 is 2.72 bits per heavy atom. The Bertz CT molecular complexity index is 923. The summed E-state index contributed by atoms with van der Waals surface area (Å²) in [6.45, 7) is 7.85. The average molecular weight is 399 g/mol. The number of ether oxygens (including phenoxy) is 2. The van der Waals surface area contributed by atoms with E-state index >= 15 is 0 Å². The normalized spacial score (nSPS) is 18.0. The number of carbonyl (C=O) groups excluding carboxylic acids is 1. The maximum Gasteiger partial charge on any atom is 0.410 e. The lowest BCUT2D eigenvalue weighted by Gasteiger charge is -2.37. The van der Waals surface area contributed by atoms with Gasteiger partial charge in [-0.1, -0.05) is 17.3 Å². The van der Waals surface area contributed by atoms with Crippen molar-refractivity contribution in [2.24, 2.45) is 4.99 Å². The standard InChI is InChI=1S/C20H25N5O4/c1-20(2,3)28-19(26)25-8-14(9-25)18-23-17(24-29-18)12-4-5-13(16(21)6-12)7-22-15-10-27-11-15/h4-7,14-15H,8-11,21H2,1-3H3. The molecule has 154 valence electrons. The molecule has 2 saturated heterocycles. The molecule has 1 aromatic heterocycles. The van der Waals surface area contributed by atoms with Crippen molar-refractivity contribution in [1.29, 1.82) is 0 Å². The summed E-state index contributed by atoms with van der Waals surface area (Å²) in [5.74, 6) is 0.990. The zero-order valence-electron chi connectivity index (χ0n) is 16.8. The number of aromatic nitrogens is 2. The van der Waals surface area contributed by atoms with Crippen molar-refractivity contribution in [1.82, 2.24) is 15.0 Å². The maximum absolute atomic E-state index is 12.0. The fraction of sp³-hybridized carbons (Fsp3) is 0.500. The number of nitrogen functional groups attached to an aromatic ring is 1. The van der Waals surface area contributed by atoms with Crippen molar-refractivity contribution in [2.45, 2.75) is 38.3 Å². The molecule has 1 aromatic carbocycles. The fourth-order valence-electron chi connectivity index (χ4n) is 2.96. The summed E-state index contributed by atoms with van der Waals surface area (Å²) in [6.07, 6.45) is 1.44. The molecule has 4 rings (SSSR count). The van der Waals surface area contributed by atoms with Crippen LogP contribution in [0.3, 0.4) is 0 Å². The molecule has 0 radical (unpaired) electrons. The van der Waals surface area contributed by atoms with E-state index in [1.807, 2.05) is 32.9 Å². The molecule has 0 unspecified atom stereocenters. The van der Waals surface area contributed by atoms with Crippen molar-refractivity contribution in [3.05, 3.63) is 29.7 Å². The molecule has 2 N–H and O–H groups in total. The highest BCUT2D eigenvalue weighted by Crippen LogP contribution is 2.29. The first kappa shape index (κ1) is 19.4. The first-order valence-corrected chi connectivity index (χ1v) is 9.61. The number of rotatable bonds is 4. The predicted molar refractivity (Wildman–Crippen MR) is 107 cm³/mol. The highest BCUT2D eigenvalue weighted by Gasteiger charge is 2.37. The molecule has 0 saturated carbocycles. The predicted octanol–water partition coefficient (Wildman–Crippen LogP) is 2.47. The van der Waals surface area contributed by atoms with E-state index in [0.717, 1.165) is 11.1 Å². The van der Waals surface area contributed by atoms with Crippen LogP contribution in [0.1, 0.15) is 38.1 Å². The van der Waals surface area contributed by atoms with Gasteiger partial charge in [-0.05, 0) is 26.8 Å². The number of aliphatic imine (C=N–C) groups is 1. The SMILES string of the molecule is CC(C)(C)OC(=O)N1CC(c2nc(-c3ccc(C=NC4COC4)c(N)c3)no2)C1. The van der Waals surface area contributed by atoms with Gasteiger partial charge < -0.3 is 24.6 Å². The molecule has 9 nitrogen and oxygen atoms in total. The summed E-state index contributed by atoms with van der Waals surface area (Å²) in [4.78, 5) is 22.6. The van der Waals surface area contributed by atoms with Crippen LogP contribution in [0.25, 0.3) is 11.4 Å². The number of amides is 1. The van der Waals surface area contributed by atoms with Crippen LogP contribution in [0.4, 0.5) is 10.5 Å². The summed E-state index contributed by atoms with van der Waals surface area (Å²) < 4.78 is 15.9. The van der Waals surface area contributed by atoms with E-state index in [4.69, 9.17) is 19.7 Å². The van der Waals surface area contributed by atoms with Gasteiger partial charge in [-0.3, -0.25) is 4.99 Å². The Labute approximate surface area is 168 Å². The molecule has 2 aromatic rings. The Hall–Kier alpha value is -2.94. The second kappa shape index (κ2) is 7.47. The monoisotopic (exact) mass is 399 g/mol. The number of nitrogens with two attached hydrogens (primary N) is 1. The molecule has 2 fully saturated rings. The van der Waals surface area contributed by atoms with Crippen LogP contribution in [0.5, 0.6) is 0 Å². The van der Waals surface area contributed by atoms with Gasteiger partial charge >= 0.3 is 6.09 Å². The van der Waals surface area contributed by atoms with Gasteiger partial charge in [-0.2, -0.15) is 4.98 Å². The Kier molecular flexibility index (Phi) is 4.99. The third-order valence-electron chi connectivity index (χ3n) is 4.71. The third-order valence-corrected chi connectivity index (χ3v) is 4.71. The summed E-state index contributed by atoms with van der Waals surface area (Å²) >= 11 is 0. The van der Waals surface area contributed by atoms with Crippen LogP contribution < -0.4 is 5.73 Å². The van der Waals surface area contributed by atoms with Crippen molar-refractivity contribution < 1.29 is 18.8 Å². The van der Waals surface area contributed by atoms with Crippen LogP contribution >= 0.6 is 0 Å². The minimum atomic E-state index is -0.512. The number of carbonyl (C=O) groups is 1. The molecule has 2 aliphatic heterocycles. The topological polar surface area (TPSA) is 116 Å². The van der Waals surface area contributed by atoms with Crippen molar-refractivity contribution in [2.75, 3.05) is 32.0 Å². The van der Waals surface area contributed by atoms with Gasteiger partial charge in [0.05, 0.1) is 25.2 Å². The molecule has 1 amide bonds. The number of nitrogens with zero attached hydrogens (tertiary/aromatic N) is 4. The van der Waals surface area contributed by atoms with Gasteiger partial charge in [0.25, 0.3) is 0 Å². The number of hydrogen-bond acceptors (Lipinski definition) is 8. The highest BCUT2D eigenvalue weighted by atomic mass is 16.6. The second-order valence-corrected chi connectivity index (χ2v) is 8.35. The van der Waals surface area contributed by atoms with E-state index < -0.39 is 5.60 Å². The maximum atomic E-state index is 12.0. The Morgan fingerprint density at radius 2 is 2.10 bits per heavy atom. The molecule has 2 aliphatic rings. The van der Waals surface area contributed by atoms with Crippen molar-refractivity contribution in [3.8, 4) is 11.4 Å². The van der Waals surface area contributed by atoms with Crippen LogP contribution in [0.2, 0.25) is 0 Å². The van der Waals surface area contributed by atoms with E-state index in [9.17, 15) is 4.79 Å². The van der Waals surface area contributed by atoms with E-state index in [2.05, 4.69) is 15.1 Å². The summed E-state index contributed by atoms with van der Waals surface area (Å²) in [7, 11) is 0. The molecule has 0 atom stereocenters. The lowest BCUT2D eigenvalue weighted by molar-refractivity contribution is 0.00558. The number of anilines is 1. The van der Waals surface area contributed by atoms with E-state index in [1.165, 1.54) is 0 Å². The number of hydrogen-bond donors (Lipinski definition) is 1. The smallest absolute Gasteiger partial charge is 0.410 e. The van der Waals surface area contributed by atoms with Crippen LogP contribution in [-0.2, 0) is 9.47 Å². The zero-order chi connectivity index (χ0) is 20.6. The molecule has 0 bridgehead atoms. The third kappa shape index (κ3) is 4.40. The number of likely N-dealkylation sites (tertiary alicyclic amines) is 1. The minimum absolute atomic E-state index is 0.0113. The second-order valence-electron chi connectivity index (χ2n) is 8.35. The van der Waals surface area contributed by atoms with Gasteiger partial charge in [-0.25, -0.2) is 4.79 Å². The first-order chi connectivity index (χ1) is 13.8. The molecule has 0 aliphatic carbocycles. The summed E-state index contributed by atoms with van der Waals surface area (Å²) in [6, 6.07) is 5.80. The van der Waals surface area contributed by atoms with E-state index in [1.54, 1.807) is 17.2 Å². The van der Waals surface area contributed by atoms with Gasteiger partial charge in [0.1, 0.15) is 5.60 Å². The quantitative estimate of drug-likeness (QED) is 0.620. The first-order valence-electron chi connectivity index (χ1n) is 9.61. The van der Waals surface area contributed by atoms with E-state index in [0.29, 0.717) is 43.7 Å². The molecule has 3 heterocycles. The van der Waals surface area contributed by atoms with Gasteiger partial charge in [-0.15, -0.1) is 0 Å². The minimum Gasteiger partial charge on any atom is -0.444 e. The molecular formula is C20H25N5O4. The Balaban J connectivity index is 1.38. The summed E-state index contributed by atoms with van der Waals surface area (Å²) in [5, 5.41) is 4.06. The van der Waals surface area contributed by atoms with Gasteiger partial charge in [0.15, 0.2) is 0 Å². The molecule has 0 spiro atoms. The average Bonchev–Trinajstić information content (AvgIpc) is 3.01. The Morgan fingerprint density at radius 1 is 1.34 bits per heavy atom. The van der Waals surface area contributed by atoms with Gasteiger partial charge in [0.2, 0.25) is 11.7 Å². The lowest BCUT2D eigenvalue weighted by Crippen LogP contribution is -2.50. The van der Waals surface area contributed by atoms with Crippen LogP contribution in [0, 0.1) is 0 Å². The highest BCUT2D eigenvalue weighted by molar-refractivity contribution is 5.88. The lowest BCUT2D eigenvalue weighted by atomic mass is 10.0. The van der Waals surface area contributed by atoms with Crippen molar-refractivity contribution in [3.63, 3.8) is 0 Å².